The molecule has 1 aliphatic rings. The third-order valence-corrected chi connectivity index (χ3v) is 3.41. The van der Waals surface area contributed by atoms with Crippen LogP contribution in [0.2, 0.25) is 0 Å². The molecule has 8 heteroatoms. The molecule has 1 aliphatic heterocycles. The Balaban J connectivity index is 2.64. The Hall–Kier alpha value is -0.760. The fourth-order valence-corrected chi connectivity index (χ4v) is 2.63. The number of aliphatic imine (C=N–C) groups is 1. The maximum Gasteiger partial charge on any atom is 0.439 e. The number of nitrogens with two attached hydrogens (primary N) is 1. The average molecular weight is 270 g/mol. The fourth-order valence-electron chi connectivity index (χ4n) is 1.42. The van der Waals surface area contributed by atoms with Gasteiger partial charge in [0.25, 0.3) is 5.72 Å². The summed E-state index contributed by atoms with van der Waals surface area (Å²) in [6.07, 6.45) is -4.47. The van der Waals surface area contributed by atoms with Gasteiger partial charge in [0.15, 0.2) is 0 Å². The Kier molecular flexibility index (Phi) is 4.08. The van der Waals surface area contributed by atoms with E-state index in [2.05, 4.69) is 4.99 Å². The molecule has 0 aromatic carbocycles. The van der Waals surface area contributed by atoms with Crippen molar-refractivity contribution in [3.63, 3.8) is 0 Å². The van der Waals surface area contributed by atoms with Crippen molar-refractivity contribution in [2.75, 3.05) is 5.75 Å². The van der Waals surface area contributed by atoms with E-state index in [4.69, 9.17) is 5.73 Å². The lowest BCUT2D eigenvalue weighted by atomic mass is 10.0. The smallest absolute Gasteiger partial charge is 0.370 e. The first-order valence-corrected chi connectivity index (χ1v) is 5.91. The first kappa shape index (κ1) is 14.3. The molecule has 0 saturated carbocycles. The molecule has 0 aliphatic carbocycles. The van der Waals surface area contributed by atoms with E-state index in [1.54, 1.807) is 6.92 Å². The summed E-state index contributed by atoms with van der Waals surface area (Å²) >= 11 is 0.859. The number of primary amides is 1. The van der Waals surface area contributed by atoms with Crippen molar-refractivity contribution in [3.05, 3.63) is 0 Å². The molecular weight excluding hydrogens is 257 g/mol. The van der Waals surface area contributed by atoms with E-state index in [0.29, 0.717) is 0 Å². The number of hydrogen-bond acceptors (Lipinski definition) is 4. The maximum atomic E-state index is 12.4. The topological polar surface area (TPSA) is 75.7 Å². The van der Waals surface area contributed by atoms with Gasteiger partial charge in [0.1, 0.15) is 0 Å². The molecule has 3 N–H and O–H groups in total. The Bertz CT molecular complexity index is 346. The minimum atomic E-state index is -4.77. The summed E-state index contributed by atoms with van der Waals surface area (Å²) < 4.78 is 37.3. The molecule has 0 bridgehead atoms. The SMILES string of the molecule is C[C@H](CC(N)=O)CC1=NC(O)(C(F)(F)F)CS1. The van der Waals surface area contributed by atoms with Crippen LogP contribution in [0.15, 0.2) is 4.99 Å². The highest BCUT2D eigenvalue weighted by atomic mass is 32.2. The standard InChI is InChI=1S/C9H13F3N2O2S/c1-5(2-6(13)15)3-7-14-8(16,4-17-7)9(10,11)12/h5,16H,2-4H2,1H3,(H2,13,15)/t5-,8?/m1/s1. The zero-order chi connectivity index (χ0) is 13.3. The molecule has 17 heavy (non-hydrogen) atoms. The highest BCUT2D eigenvalue weighted by Gasteiger charge is 2.56. The number of alkyl halides is 3. The molecule has 0 aromatic heterocycles. The number of nitrogens with zero attached hydrogens (tertiary/aromatic N) is 1. The second-order valence-corrected chi connectivity index (χ2v) is 5.14. The zero-order valence-electron chi connectivity index (χ0n) is 9.12. The Morgan fingerprint density at radius 2 is 2.29 bits per heavy atom. The van der Waals surface area contributed by atoms with E-state index in [-0.39, 0.29) is 23.8 Å². The van der Waals surface area contributed by atoms with Gasteiger partial charge in [-0.05, 0) is 12.3 Å². The van der Waals surface area contributed by atoms with Crippen LogP contribution in [0.3, 0.4) is 0 Å². The molecule has 0 spiro atoms. The Morgan fingerprint density at radius 1 is 1.71 bits per heavy atom. The van der Waals surface area contributed by atoms with Crippen LogP contribution in [0.1, 0.15) is 19.8 Å². The monoisotopic (exact) mass is 270 g/mol. The van der Waals surface area contributed by atoms with Gasteiger partial charge in [0, 0.05) is 6.42 Å². The highest BCUT2D eigenvalue weighted by molar-refractivity contribution is 8.14. The average Bonchev–Trinajstić information content (AvgIpc) is 2.45. The summed E-state index contributed by atoms with van der Waals surface area (Å²) in [6, 6.07) is 0. The number of carbonyl (C=O) groups is 1. The third-order valence-electron chi connectivity index (χ3n) is 2.28. The summed E-state index contributed by atoms with van der Waals surface area (Å²) in [5.41, 5.74) is 1.99. The van der Waals surface area contributed by atoms with Crippen LogP contribution < -0.4 is 5.73 Å². The second-order valence-electron chi connectivity index (χ2n) is 4.09. The van der Waals surface area contributed by atoms with Crippen LogP contribution in [0, 0.1) is 5.92 Å². The molecule has 2 atom stereocenters. The molecule has 0 aromatic rings. The van der Waals surface area contributed by atoms with Crippen molar-refractivity contribution < 1.29 is 23.1 Å². The molecule has 1 rings (SSSR count). The molecule has 1 unspecified atom stereocenters. The van der Waals surface area contributed by atoms with Crippen LogP contribution in [0.25, 0.3) is 0 Å². The van der Waals surface area contributed by atoms with Crippen molar-refractivity contribution in [2.24, 2.45) is 16.6 Å². The predicted molar refractivity (Wildman–Crippen MR) is 58.5 cm³/mol. The number of amides is 1. The largest absolute Gasteiger partial charge is 0.439 e. The van der Waals surface area contributed by atoms with Crippen LogP contribution in [-0.2, 0) is 4.79 Å². The molecule has 0 fully saturated rings. The van der Waals surface area contributed by atoms with Gasteiger partial charge in [-0.15, -0.1) is 11.8 Å². The lowest BCUT2D eigenvalue weighted by Gasteiger charge is -2.21. The van der Waals surface area contributed by atoms with E-state index >= 15 is 0 Å². The van der Waals surface area contributed by atoms with E-state index in [0.717, 1.165) is 11.8 Å². The summed E-state index contributed by atoms with van der Waals surface area (Å²) in [6.45, 7) is 1.69. The van der Waals surface area contributed by atoms with Crippen LogP contribution >= 0.6 is 11.8 Å². The second kappa shape index (κ2) is 4.85. The van der Waals surface area contributed by atoms with Gasteiger partial charge in [-0.1, -0.05) is 6.92 Å². The first-order chi connectivity index (χ1) is 7.64. The van der Waals surface area contributed by atoms with Gasteiger partial charge in [-0.25, -0.2) is 4.99 Å². The summed E-state index contributed by atoms with van der Waals surface area (Å²) in [5, 5.41) is 9.48. The fraction of sp³-hybridized carbons (Fsp3) is 0.778. The number of halogens is 3. The maximum absolute atomic E-state index is 12.4. The minimum absolute atomic E-state index is 0.0873. The van der Waals surface area contributed by atoms with Crippen LogP contribution in [-0.4, -0.2) is 33.7 Å². The Morgan fingerprint density at radius 3 is 2.71 bits per heavy atom. The van der Waals surface area contributed by atoms with Gasteiger partial charge in [0.05, 0.1) is 10.8 Å². The quantitative estimate of drug-likeness (QED) is 0.808. The molecule has 0 radical (unpaired) electrons. The van der Waals surface area contributed by atoms with Gasteiger partial charge in [-0.2, -0.15) is 13.2 Å². The van der Waals surface area contributed by atoms with E-state index < -0.39 is 23.6 Å². The van der Waals surface area contributed by atoms with Crippen molar-refractivity contribution in [1.82, 2.24) is 0 Å². The predicted octanol–water partition coefficient (Wildman–Crippen LogP) is 1.28. The van der Waals surface area contributed by atoms with Crippen LogP contribution in [0.4, 0.5) is 13.2 Å². The molecule has 0 saturated heterocycles. The third kappa shape index (κ3) is 3.60. The Labute approximate surface area is 100 Å². The lowest BCUT2D eigenvalue weighted by Crippen LogP contribution is -2.43. The number of rotatable bonds is 4. The van der Waals surface area contributed by atoms with E-state index in [1.165, 1.54) is 0 Å². The molecule has 98 valence electrons. The minimum Gasteiger partial charge on any atom is -0.370 e. The highest BCUT2D eigenvalue weighted by Crippen LogP contribution is 2.40. The molecular formula is C9H13F3N2O2S. The first-order valence-electron chi connectivity index (χ1n) is 4.93. The van der Waals surface area contributed by atoms with Gasteiger partial charge < -0.3 is 10.8 Å². The number of hydrogen-bond donors (Lipinski definition) is 2. The van der Waals surface area contributed by atoms with Gasteiger partial charge >= 0.3 is 6.18 Å². The molecule has 4 nitrogen and oxygen atoms in total. The van der Waals surface area contributed by atoms with Crippen molar-refractivity contribution in [3.8, 4) is 0 Å². The molecule has 1 amide bonds. The van der Waals surface area contributed by atoms with Gasteiger partial charge in [-0.3, -0.25) is 4.79 Å². The van der Waals surface area contributed by atoms with E-state index in [9.17, 15) is 23.1 Å². The zero-order valence-corrected chi connectivity index (χ0v) is 9.94. The number of thioether (sulfide) groups is 1. The van der Waals surface area contributed by atoms with Gasteiger partial charge in [0.2, 0.25) is 5.91 Å². The summed E-state index contributed by atoms with van der Waals surface area (Å²) in [5.74, 6) is -1.23. The summed E-state index contributed by atoms with van der Waals surface area (Å²) in [4.78, 5) is 13.9. The summed E-state index contributed by atoms with van der Waals surface area (Å²) in [7, 11) is 0. The van der Waals surface area contributed by atoms with Crippen molar-refractivity contribution in [2.45, 2.75) is 31.7 Å². The number of aliphatic hydroxyl groups is 1. The lowest BCUT2D eigenvalue weighted by molar-refractivity contribution is -0.245. The molecule has 1 heterocycles. The number of carbonyl (C=O) groups excluding carboxylic acids is 1. The van der Waals surface area contributed by atoms with E-state index in [1.807, 2.05) is 0 Å². The van der Waals surface area contributed by atoms with Crippen LogP contribution in [0.5, 0.6) is 0 Å². The normalized spacial score (nSPS) is 26.8. The van der Waals surface area contributed by atoms with Crippen molar-refractivity contribution >= 4 is 22.7 Å². The van der Waals surface area contributed by atoms with Crippen molar-refractivity contribution in [1.29, 1.82) is 0 Å².